The number of nitrogens with one attached hydrogen (secondary N) is 2. The van der Waals surface area contributed by atoms with Crippen molar-refractivity contribution < 1.29 is 9.59 Å². The molecular weight excluding hydrogens is 382 g/mol. The van der Waals surface area contributed by atoms with Gasteiger partial charge in [0.1, 0.15) is 0 Å². The number of nitrogens with zero attached hydrogens (tertiary/aromatic N) is 1. The van der Waals surface area contributed by atoms with Gasteiger partial charge in [0, 0.05) is 16.4 Å². The van der Waals surface area contributed by atoms with Gasteiger partial charge >= 0.3 is 0 Å². The number of rotatable bonds is 6. The lowest BCUT2D eigenvalue weighted by Crippen LogP contribution is -2.45. The van der Waals surface area contributed by atoms with Crippen LogP contribution in [0, 0.1) is 5.92 Å². The summed E-state index contributed by atoms with van der Waals surface area (Å²) in [7, 11) is 0. The van der Waals surface area contributed by atoms with Crippen LogP contribution in [0.1, 0.15) is 44.2 Å². The molecule has 6 heteroatoms. The molecular formula is C19H26BrN3O2. The fraction of sp³-hybridized carbons (Fsp3) is 0.579. The van der Waals surface area contributed by atoms with Crippen LogP contribution < -0.4 is 10.6 Å². The van der Waals surface area contributed by atoms with Crippen LogP contribution in [-0.4, -0.2) is 42.4 Å². The van der Waals surface area contributed by atoms with Crippen molar-refractivity contribution in [2.75, 3.05) is 19.6 Å². The maximum atomic E-state index is 12.3. The van der Waals surface area contributed by atoms with E-state index in [1.165, 1.54) is 0 Å². The molecule has 1 aliphatic heterocycles. The van der Waals surface area contributed by atoms with Crippen LogP contribution in [0.4, 0.5) is 0 Å². The Balaban J connectivity index is 1.39. The summed E-state index contributed by atoms with van der Waals surface area (Å²) in [6.45, 7) is 4.01. The van der Waals surface area contributed by atoms with Crippen molar-refractivity contribution in [3.8, 4) is 0 Å². The van der Waals surface area contributed by atoms with Gasteiger partial charge in [-0.05, 0) is 63.4 Å². The third kappa shape index (κ3) is 5.54. The molecule has 1 unspecified atom stereocenters. The van der Waals surface area contributed by atoms with E-state index in [2.05, 4.69) is 31.5 Å². The zero-order valence-electron chi connectivity index (χ0n) is 14.6. The minimum Gasteiger partial charge on any atom is -0.353 e. The number of likely N-dealkylation sites (tertiary alicyclic amines) is 1. The summed E-state index contributed by atoms with van der Waals surface area (Å²) in [6, 6.07) is 8.40. The van der Waals surface area contributed by atoms with Crippen LogP contribution in [0.2, 0.25) is 0 Å². The molecule has 1 aliphatic carbocycles. The first-order chi connectivity index (χ1) is 12.0. The Morgan fingerprint density at radius 2 is 1.80 bits per heavy atom. The van der Waals surface area contributed by atoms with Crippen LogP contribution >= 0.6 is 15.9 Å². The monoisotopic (exact) mass is 407 g/mol. The summed E-state index contributed by atoms with van der Waals surface area (Å²) >= 11 is 3.42. The predicted molar refractivity (Wildman–Crippen MR) is 101 cm³/mol. The Morgan fingerprint density at radius 1 is 1.16 bits per heavy atom. The molecule has 1 saturated carbocycles. The molecule has 2 amide bonds. The van der Waals surface area contributed by atoms with Gasteiger partial charge < -0.3 is 10.6 Å². The van der Waals surface area contributed by atoms with E-state index in [0.717, 1.165) is 48.8 Å². The van der Waals surface area contributed by atoms with Gasteiger partial charge in [-0.15, -0.1) is 0 Å². The van der Waals surface area contributed by atoms with Crippen LogP contribution in [0.25, 0.3) is 0 Å². The van der Waals surface area contributed by atoms with Crippen molar-refractivity contribution in [1.82, 2.24) is 15.5 Å². The third-order valence-electron chi connectivity index (χ3n) is 5.00. The van der Waals surface area contributed by atoms with E-state index in [4.69, 9.17) is 0 Å². The first-order valence-electron chi connectivity index (χ1n) is 9.09. The molecule has 0 aromatic heterocycles. The molecule has 1 heterocycles. The van der Waals surface area contributed by atoms with Crippen molar-refractivity contribution in [1.29, 1.82) is 0 Å². The summed E-state index contributed by atoms with van der Waals surface area (Å²) in [6.07, 6.45) is 3.94. The third-order valence-corrected chi connectivity index (χ3v) is 5.53. The molecule has 5 nitrogen and oxygen atoms in total. The van der Waals surface area contributed by atoms with Gasteiger partial charge in [0.05, 0.1) is 12.6 Å². The lowest BCUT2D eigenvalue weighted by molar-refractivity contribution is -0.127. The molecule has 1 saturated heterocycles. The van der Waals surface area contributed by atoms with Crippen molar-refractivity contribution in [2.45, 2.75) is 44.7 Å². The summed E-state index contributed by atoms with van der Waals surface area (Å²) < 4.78 is 1.03. The highest BCUT2D eigenvalue weighted by Crippen LogP contribution is 2.22. The molecule has 1 atom stereocenters. The average Bonchev–Trinajstić information content (AvgIpc) is 3.40. The van der Waals surface area contributed by atoms with Crippen LogP contribution in [0.3, 0.4) is 0 Å². The van der Waals surface area contributed by atoms with Crippen LogP contribution in [0.15, 0.2) is 28.7 Å². The Labute approximate surface area is 157 Å². The smallest absolute Gasteiger partial charge is 0.234 e. The van der Waals surface area contributed by atoms with E-state index in [9.17, 15) is 9.59 Å². The number of hydrogen-bond donors (Lipinski definition) is 2. The summed E-state index contributed by atoms with van der Waals surface area (Å²) in [5.74, 6) is 0.355. The second kappa shape index (κ2) is 8.32. The van der Waals surface area contributed by atoms with Crippen molar-refractivity contribution in [3.05, 3.63) is 34.3 Å². The fourth-order valence-corrected chi connectivity index (χ4v) is 3.49. The quantitative estimate of drug-likeness (QED) is 0.761. The normalized spacial score (nSPS) is 20.1. The van der Waals surface area contributed by atoms with Gasteiger partial charge in [0.25, 0.3) is 0 Å². The maximum absolute atomic E-state index is 12.3. The molecule has 2 fully saturated rings. The summed E-state index contributed by atoms with van der Waals surface area (Å²) in [5.41, 5.74) is 1.09. The molecule has 0 bridgehead atoms. The first kappa shape index (κ1) is 18.4. The number of hydrogen-bond acceptors (Lipinski definition) is 3. The molecule has 25 heavy (non-hydrogen) atoms. The Kier molecular flexibility index (Phi) is 6.12. The minimum absolute atomic E-state index is 0.0116. The number of halogens is 1. The molecule has 2 N–H and O–H groups in total. The standard InChI is InChI=1S/C19H26BrN3O2/c1-13(14-2-4-16(20)5-3-14)21-18(24)12-23-10-8-15(9-11-23)19(25)22-17-6-7-17/h2-5,13,15,17H,6-12H2,1H3,(H,21,24)(H,22,25). The molecule has 1 aromatic rings. The molecule has 136 valence electrons. The zero-order chi connectivity index (χ0) is 17.8. The highest BCUT2D eigenvalue weighted by Gasteiger charge is 2.30. The van der Waals surface area contributed by atoms with Gasteiger partial charge in [-0.2, -0.15) is 0 Å². The van der Waals surface area contributed by atoms with Gasteiger partial charge in [-0.3, -0.25) is 14.5 Å². The summed E-state index contributed by atoms with van der Waals surface area (Å²) in [4.78, 5) is 26.5. The molecule has 0 radical (unpaired) electrons. The van der Waals surface area contributed by atoms with Gasteiger partial charge in [-0.1, -0.05) is 28.1 Å². The highest BCUT2D eigenvalue weighted by atomic mass is 79.9. The topological polar surface area (TPSA) is 61.4 Å². The van der Waals surface area contributed by atoms with Crippen molar-refractivity contribution in [2.24, 2.45) is 5.92 Å². The van der Waals surface area contributed by atoms with Crippen molar-refractivity contribution in [3.63, 3.8) is 0 Å². The molecule has 2 aliphatic rings. The fourth-order valence-electron chi connectivity index (χ4n) is 3.22. The minimum atomic E-state index is -0.0116. The second-order valence-electron chi connectivity index (χ2n) is 7.17. The molecule has 3 rings (SSSR count). The zero-order valence-corrected chi connectivity index (χ0v) is 16.2. The SMILES string of the molecule is CC(NC(=O)CN1CCC(C(=O)NC2CC2)CC1)c1ccc(Br)cc1. The van der Waals surface area contributed by atoms with Crippen molar-refractivity contribution >= 4 is 27.7 Å². The van der Waals surface area contributed by atoms with Crippen LogP contribution in [-0.2, 0) is 9.59 Å². The molecule has 1 aromatic carbocycles. The first-order valence-corrected chi connectivity index (χ1v) is 9.88. The van der Waals surface area contributed by atoms with Gasteiger partial charge in [0.15, 0.2) is 0 Å². The van der Waals surface area contributed by atoms with E-state index >= 15 is 0 Å². The predicted octanol–water partition coefficient (Wildman–Crippen LogP) is 2.62. The van der Waals surface area contributed by atoms with Gasteiger partial charge in [-0.25, -0.2) is 0 Å². The lowest BCUT2D eigenvalue weighted by Gasteiger charge is -2.31. The molecule has 0 spiro atoms. The van der Waals surface area contributed by atoms with E-state index in [-0.39, 0.29) is 23.8 Å². The van der Waals surface area contributed by atoms with E-state index in [1.807, 2.05) is 31.2 Å². The van der Waals surface area contributed by atoms with E-state index < -0.39 is 0 Å². The lowest BCUT2D eigenvalue weighted by atomic mass is 9.96. The maximum Gasteiger partial charge on any atom is 0.234 e. The Hall–Kier alpha value is -1.40. The van der Waals surface area contributed by atoms with E-state index in [0.29, 0.717) is 12.6 Å². The number of amides is 2. The Bertz CT molecular complexity index is 608. The van der Waals surface area contributed by atoms with E-state index in [1.54, 1.807) is 0 Å². The number of carbonyl (C=O) groups is 2. The average molecular weight is 408 g/mol. The van der Waals surface area contributed by atoms with Crippen LogP contribution in [0.5, 0.6) is 0 Å². The number of carbonyl (C=O) groups excluding carboxylic acids is 2. The largest absolute Gasteiger partial charge is 0.353 e. The highest BCUT2D eigenvalue weighted by molar-refractivity contribution is 9.10. The second-order valence-corrected chi connectivity index (χ2v) is 8.09. The Morgan fingerprint density at radius 3 is 2.40 bits per heavy atom. The number of piperidine rings is 1. The summed E-state index contributed by atoms with van der Waals surface area (Å²) in [5, 5.41) is 6.14. The number of benzene rings is 1. The van der Waals surface area contributed by atoms with Gasteiger partial charge in [0.2, 0.25) is 11.8 Å².